The van der Waals surface area contributed by atoms with E-state index < -0.39 is 11.6 Å². The fourth-order valence-corrected chi connectivity index (χ4v) is 1.76. The van der Waals surface area contributed by atoms with E-state index in [4.69, 9.17) is 4.74 Å². The van der Waals surface area contributed by atoms with Crippen LogP contribution >= 0.6 is 0 Å². The summed E-state index contributed by atoms with van der Waals surface area (Å²) in [4.78, 5) is 11.1. The average molecular weight is 231 g/mol. The number of carbonyl (C=O) groups is 1. The standard InChI is InChI=1S/C11H21NO4/c1-11(14,10(13)15-2)8-12-6-5-9-4-3-7-16-9/h9,12,14H,3-8H2,1-2H3. The van der Waals surface area contributed by atoms with Crippen LogP contribution in [0.25, 0.3) is 0 Å². The molecule has 0 spiro atoms. The lowest BCUT2D eigenvalue weighted by Gasteiger charge is -2.21. The second-order valence-corrected chi connectivity index (χ2v) is 4.37. The summed E-state index contributed by atoms with van der Waals surface area (Å²) in [5.74, 6) is -0.614. The van der Waals surface area contributed by atoms with E-state index >= 15 is 0 Å². The minimum atomic E-state index is -1.45. The van der Waals surface area contributed by atoms with E-state index in [1.807, 2.05) is 0 Å². The van der Waals surface area contributed by atoms with Crippen LogP contribution in [0, 0.1) is 0 Å². The van der Waals surface area contributed by atoms with E-state index in [0.717, 1.165) is 32.4 Å². The molecule has 1 rings (SSSR count). The Kier molecular flexibility index (Phi) is 5.18. The van der Waals surface area contributed by atoms with E-state index in [0.29, 0.717) is 6.10 Å². The van der Waals surface area contributed by atoms with Gasteiger partial charge in [0.15, 0.2) is 5.60 Å². The van der Waals surface area contributed by atoms with Crippen LogP contribution in [0.5, 0.6) is 0 Å². The summed E-state index contributed by atoms with van der Waals surface area (Å²) < 4.78 is 9.95. The van der Waals surface area contributed by atoms with Gasteiger partial charge in [-0.15, -0.1) is 0 Å². The smallest absolute Gasteiger partial charge is 0.338 e. The highest BCUT2D eigenvalue weighted by atomic mass is 16.5. The van der Waals surface area contributed by atoms with E-state index in [9.17, 15) is 9.90 Å². The topological polar surface area (TPSA) is 67.8 Å². The van der Waals surface area contributed by atoms with Crippen LogP contribution in [-0.2, 0) is 14.3 Å². The maximum atomic E-state index is 11.1. The lowest BCUT2D eigenvalue weighted by atomic mass is 10.1. The summed E-state index contributed by atoms with van der Waals surface area (Å²) >= 11 is 0. The van der Waals surface area contributed by atoms with Crippen molar-refractivity contribution in [3.05, 3.63) is 0 Å². The van der Waals surface area contributed by atoms with Gasteiger partial charge in [0, 0.05) is 13.2 Å². The van der Waals surface area contributed by atoms with Gasteiger partial charge in [-0.2, -0.15) is 0 Å². The normalized spacial score (nSPS) is 24.1. The molecule has 0 aromatic heterocycles. The van der Waals surface area contributed by atoms with Crippen molar-refractivity contribution in [3.8, 4) is 0 Å². The molecule has 94 valence electrons. The fourth-order valence-electron chi connectivity index (χ4n) is 1.76. The molecule has 1 aliphatic heterocycles. The Hall–Kier alpha value is -0.650. The Morgan fingerprint density at radius 1 is 1.69 bits per heavy atom. The van der Waals surface area contributed by atoms with Crippen molar-refractivity contribution in [1.82, 2.24) is 5.32 Å². The van der Waals surface area contributed by atoms with Gasteiger partial charge in [0.2, 0.25) is 0 Å². The second-order valence-electron chi connectivity index (χ2n) is 4.37. The molecule has 1 aliphatic rings. The molecule has 0 radical (unpaired) electrons. The van der Waals surface area contributed by atoms with Gasteiger partial charge >= 0.3 is 5.97 Å². The van der Waals surface area contributed by atoms with Crippen LogP contribution < -0.4 is 5.32 Å². The number of esters is 1. The monoisotopic (exact) mass is 231 g/mol. The summed E-state index contributed by atoms with van der Waals surface area (Å²) in [7, 11) is 1.27. The molecule has 1 heterocycles. The van der Waals surface area contributed by atoms with Gasteiger partial charge < -0.3 is 19.9 Å². The van der Waals surface area contributed by atoms with Gasteiger partial charge in [-0.25, -0.2) is 4.79 Å². The molecule has 16 heavy (non-hydrogen) atoms. The zero-order valence-corrected chi connectivity index (χ0v) is 9.99. The highest BCUT2D eigenvalue weighted by Crippen LogP contribution is 2.14. The Balaban J connectivity index is 2.11. The van der Waals surface area contributed by atoms with Gasteiger partial charge in [-0.05, 0) is 32.7 Å². The van der Waals surface area contributed by atoms with Crippen molar-refractivity contribution >= 4 is 5.97 Å². The van der Waals surface area contributed by atoms with E-state index in [1.54, 1.807) is 0 Å². The Bertz CT molecular complexity index is 224. The summed E-state index contributed by atoms with van der Waals surface area (Å²) in [6.45, 7) is 3.23. The van der Waals surface area contributed by atoms with Crippen LogP contribution in [0.2, 0.25) is 0 Å². The third-order valence-corrected chi connectivity index (χ3v) is 2.76. The molecule has 0 aliphatic carbocycles. The van der Waals surface area contributed by atoms with Gasteiger partial charge in [0.1, 0.15) is 0 Å². The first-order valence-electron chi connectivity index (χ1n) is 5.69. The first-order valence-corrected chi connectivity index (χ1v) is 5.69. The number of carbonyl (C=O) groups excluding carboxylic acids is 1. The van der Waals surface area contributed by atoms with Crippen LogP contribution in [-0.4, -0.2) is 49.6 Å². The van der Waals surface area contributed by atoms with Gasteiger partial charge in [-0.1, -0.05) is 0 Å². The summed E-state index contributed by atoms with van der Waals surface area (Å²) in [5.41, 5.74) is -1.45. The van der Waals surface area contributed by atoms with E-state index in [1.165, 1.54) is 14.0 Å². The summed E-state index contributed by atoms with van der Waals surface area (Å²) in [6.07, 6.45) is 3.48. The molecule has 1 saturated heterocycles. The predicted octanol–water partition coefficient (Wildman–Crippen LogP) is 0.0691. The number of aliphatic hydroxyl groups is 1. The maximum absolute atomic E-state index is 11.1. The molecular weight excluding hydrogens is 210 g/mol. The highest BCUT2D eigenvalue weighted by molar-refractivity contribution is 5.78. The molecule has 0 amide bonds. The second kappa shape index (κ2) is 6.18. The van der Waals surface area contributed by atoms with Crippen molar-refractivity contribution in [1.29, 1.82) is 0 Å². The number of ether oxygens (including phenoxy) is 2. The minimum absolute atomic E-state index is 0.201. The third kappa shape index (κ3) is 4.08. The van der Waals surface area contributed by atoms with Crippen LogP contribution in [0.15, 0.2) is 0 Å². The molecule has 0 aromatic rings. The average Bonchev–Trinajstić information content (AvgIpc) is 2.76. The Morgan fingerprint density at radius 2 is 2.44 bits per heavy atom. The van der Waals surface area contributed by atoms with Crippen LogP contribution in [0.4, 0.5) is 0 Å². The molecule has 2 atom stereocenters. The van der Waals surface area contributed by atoms with Crippen molar-refractivity contribution in [2.24, 2.45) is 0 Å². The summed E-state index contributed by atoms with van der Waals surface area (Å²) in [6, 6.07) is 0. The highest BCUT2D eigenvalue weighted by Gasteiger charge is 2.30. The molecular formula is C11H21NO4. The molecule has 0 bridgehead atoms. The number of hydrogen-bond donors (Lipinski definition) is 2. The predicted molar refractivity (Wildman–Crippen MR) is 59.1 cm³/mol. The molecule has 2 unspecified atom stereocenters. The number of hydrogen-bond acceptors (Lipinski definition) is 5. The first kappa shape index (κ1) is 13.4. The molecule has 5 nitrogen and oxygen atoms in total. The van der Waals surface area contributed by atoms with Crippen LogP contribution in [0.3, 0.4) is 0 Å². The largest absolute Gasteiger partial charge is 0.467 e. The number of methoxy groups -OCH3 is 1. The molecule has 2 N–H and O–H groups in total. The van der Waals surface area contributed by atoms with Crippen molar-refractivity contribution in [2.75, 3.05) is 26.8 Å². The maximum Gasteiger partial charge on any atom is 0.338 e. The SMILES string of the molecule is COC(=O)C(C)(O)CNCCC1CCCO1. The van der Waals surface area contributed by atoms with E-state index in [2.05, 4.69) is 10.1 Å². The molecule has 5 heteroatoms. The molecule has 1 fully saturated rings. The molecule has 0 aromatic carbocycles. The van der Waals surface area contributed by atoms with Crippen molar-refractivity contribution in [2.45, 2.75) is 37.9 Å². The van der Waals surface area contributed by atoms with E-state index in [-0.39, 0.29) is 6.54 Å². The van der Waals surface area contributed by atoms with Gasteiger partial charge in [-0.3, -0.25) is 0 Å². The first-order chi connectivity index (χ1) is 7.56. The Morgan fingerprint density at radius 3 is 3.00 bits per heavy atom. The lowest BCUT2D eigenvalue weighted by molar-refractivity contribution is -0.159. The minimum Gasteiger partial charge on any atom is -0.467 e. The lowest BCUT2D eigenvalue weighted by Crippen LogP contribution is -2.46. The zero-order chi connectivity index (χ0) is 12.0. The fraction of sp³-hybridized carbons (Fsp3) is 0.909. The van der Waals surface area contributed by atoms with Gasteiger partial charge in [0.05, 0.1) is 13.2 Å². The molecule has 0 saturated carbocycles. The van der Waals surface area contributed by atoms with Gasteiger partial charge in [0.25, 0.3) is 0 Å². The van der Waals surface area contributed by atoms with Crippen molar-refractivity contribution in [3.63, 3.8) is 0 Å². The third-order valence-electron chi connectivity index (χ3n) is 2.76. The number of nitrogens with one attached hydrogen (secondary N) is 1. The zero-order valence-electron chi connectivity index (χ0n) is 9.99. The quantitative estimate of drug-likeness (QED) is 0.500. The Labute approximate surface area is 96.1 Å². The van der Waals surface area contributed by atoms with Crippen LogP contribution in [0.1, 0.15) is 26.2 Å². The number of rotatable bonds is 6. The van der Waals surface area contributed by atoms with Crippen molar-refractivity contribution < 1.29 is 19.4 Å². The summed E-state index contributed by atoms with van der Waals surface area (Å²) in [5, 5.41) is 12.7.